The Labute approximate surface area is 129 Å². The van der Waals surface area contributed by atoms with Crippen LogP contribution in [-0.4, -0.2) is 21.7 Å². The first-order valence-corrected chi connectivity index (χ1v) is 6.58. The largest absolute Gasteiger partial charge is 0.410 e. The molecule has 2 aromatic carbocycles. The molecule has 0 unspecified atom stereocenters. The van der Waals surface area contributed by atoms with Crippen LogP contribution in [0.5, 0.6) is 0 Å². The van der Waals surface area contributed by atoms with Gasteiger partial charge in [-0.3, -0.25) is 14.9 Å². The lowest BCUT2D eigenvalue weighted by atomic mass is 10.1. The first kappa shape index (κ1) is 14.6. The summed E-state index contributed by atoms with van der Waals surface area (Å²) in [6.45, 7) is 0.128. The van der Waals surface area contributed by atoms with Crippen LogP contribution in [0.2, 0.25) is 0 Å². The molecule has 0 bridgehead atoms. The van der Waals surface area contributed by atoms with E-state index in [4.69, 9.17) is 5.21 Å². The van der Waals surface area contributed by atoms with E-state index < -0.39 is 16.6 Å². The maximum atomic E-state index is 13.0. The lowest BCUT2D eigenvalue weighted by Gasteiger charge is -2.16. The van der Waals surface area contributed by atoms with Crippen LogP contribution in [-0.2, 0) is 11.3 Å². The fraction of sp³-hybridized carbons (Fsp3) is 0.0667. The summed E-state index contributed by atoms with van der Waals surface area (Å²) in [5, 5.41) is 22.9. The molecule has 0 radical (unpaired) electrons. The van der Waals surface area contributed by atoms with E-state index in [0.29, 0.717) is 11.3 Å². The van der Waals surface area contributed by atoms with Crippen LogP contribution >= 0.6 is 0 Å². The molecule has 116 valence electrons. The second-order valence-electron chi connectivity index (χ2n) is 4.92. The van der Waals surface area contributed by atoms with E-state index in [2.05, 4.69) is 5.16 Å². The van der Waals surface area contributed by atoms with Crippen molar-refractivity contribution in [2.24, 2.45) is 5.16 Å². The Morgan fingerprint density at radius 3 is 2.52 bits per heavy atom. The number of nitrogens with zero attached hydrogens (tertiary/aromatic N) is 3. The average molecular weight is 315 g/mol. The number of carbonyl (C=O) groups is 1. The second kappa shape index (κ2) is 5.48. The highest BCUT2D eigenvalue weighted by Gasteiger charge is 2.35. The third-order valence-corrected chi connectivity index (χ3v) is 3.54. The van der Waals surface area contributed by atoms with Crippen molar-refractivity contribution in [1.82, 2.24) is 0 Å². The van der Waals surface area contributed by atoms with E-state index in [9.17, 15) is 19.3 Å². The normalized spacial score (nSPS) is 15.1. The zero-order valence-corrected chi connectivity index (χ0v) is 11.6. The number of oxime groups is 1. The number of non-ortho nitro benzene ring substituents is 1. The number of hydrogen-bond donors (Lipinski definition) is 1. The molecule has 7 nitrogen and oxygen atoms in total. The van der Waals surface area contributed by atoms with E-state index in [1.54, 1.807) is 0 Å². The van der Waals surface area contributed by atoms with Gasteiger partial charge in [0, 0.05) is 17.7 Å². The molecule has 1 N–H and O–H groups in total. The van der Waals surface area contributed by atoms with Crippen molar-refractivity contribution in [3.8, 4) is 0 Å². The number of benzene rings is 2. The first-order valence-electron chi connectivity index (χ1n) is 6.58. The second-order valence-corrected chi connectivity index (χ2v) is 4.92. The molecule has 0 saturated heterocycles. The standard InChI is InChI=1S/C15H10FN3O4/c16-10-3-1-9(2-4-10)8-18-13-6-5-11(19(22)23)7-12(13)14(17-21)15(18)20/h1-7,21H,8H2/b17-14-. The van der Waals surface area contributed by atoms with Gasteiger partial charge in [0.05, 0.1) is 17.2 Å². The molecule has 0 aliphatic carbocycles. The predicted molar refractivity (Wildman–Crippen MR) is 79.0 cm³/mol. The van der Waals surface area contributed by atoms with Gasteiger partial charge in [0.25, 0.3) is 11.6 Å². The van der Waals surface area contributed by atoms with Crippen molar-refractivity contribution in [3.63, 3.8) is 0 Å². The van der Waals surface area contributed by atoms with E-state index in [1.807, 2.05) is 0 Å². The Bertz CT molecular complexity index is 833. The monoisotopic (exact) mass is 315 g/mol. The summed E-state index contributed by atoms with van der Waals surface area (Å²) in [4.78, 5) is 23.9. The summed E-state index contributed by atoms with van der Waals surface area (Å²) in [7, 11) is 0. The molecule has 1 amide bonds. The minimum atomic E-state index is -0.595. The summed E-state index contributed by atoms with van der Waals surface area (Å²) in [6, 6.07) is 9.48. The van der Waals surface area contributed by atoms with Gasteiger partial charge in [-0.25, -0.2) is 4.39 Å². The van der Waals surface area contributed by atoms with Gasteiger partial charge in [-0.05, 0) is 23.8 Å². The summed E-state index contributed by atoms with van der Waals surface area (Å²) >= 11 is 0. The number of amides is 1. The summed E-state index contributed by atoms with van der Waals surface area (Å²) in [5.74, 6) is -0.970. The summed E-state index contributed by atoms with van der Waals surface area (Å²) < 4.78 is 13.0. The van der Waals surface area contributed by atoms with E-state index in [-0.39, 0.29) is 23.5 Å². The van der Waals surface area contributed by atoms with Crippen LogP contribution in [0.25, 0.3) is 0 Å². The lowest BCUT2D eigenvalue weighted by Crippen LogP contribution is -2.29. The molecule has 8 heteroatoms. The zero-order chi connectivity index (χ0) is 16.6. The van der Waals surface area contributed by atoms with E-state index in [1.165, 1.54) is 47.4 Å². The van der Waals surface area contributed by atoms with Crippen molar-refractivity contribution in [2.45, 2.75) is 6.54 Å². The summed E-state index contributed by atoms with van der Waals surface area (Å²) in [6.07, 6.45) is 0. The van der Waals surface area contributed by atoms with Gasteiger partial charge in [-0.2, -0.15) is 0 Å². The predicted octanol–water partition coefficient (Wildman–Crippen LogP) is 2.46. The number of hydrogen-bond acceptors (Lipinski definition) is 5. The Hall–Kier alpha value is -3.29. The highest BCUT2D eigenvalue weighted by molar-refractivity contribution is 6.54. The van der Waals surface area contributed by atoms with Crippen LogP contribution in [0.15, 0.2) is 47.6 Å². The Morgan fingerprint density at radius 1 is 1.22 bits per heavy atom. The number of carbonyl (C=O) groups excluding carboxylic acids is 1. The third-order valence-electron chi connectivity index (χ3n) is 3.54. The fourth-order valence-corrected chi connectivity index (χ4v) is 2.44. The maximum absolute atomic E-state index is 13.0. The van der Waals surface area contributed by atoms with Crippen molar-refractivity contribution >= 4 is 23.0 Å². The van der Waals surface area contributed by atoms with Crippen LogP contribution in [0.4, 0.5) is 15.8 Å². The molecule has 23 heavy (non-hydrogen) atoms. The van der Waals surface area contributed by atoms with Crippen molar-refractivity contribution < 1.29 is 19.3 Å². The van der Waals surface area contributed by atoms with Gasteiger partial charge in [0.2, 0.25) is 0 Å². The van der Waals surface area contributed by atoms with Crippen LogP contribution in [0, 0.1) is 15.9 Å². The Morgan fingerprint density at radius 2 is 1.91 bits per heavy atom. The molecule has 0 aromatic heterocycles. The number of fused-ring (bicyclic) bond motifs is 1. The van der Waals surface area contributed by atoms with Crippen LogP contribution < -0.4 is 4.90 Å². The maximum Gasteiger partial charge on any atom is 0.281 e. The molecular weight excluding hydrogens is 305 g/mol. The average Bonchev–Trinajstić information content (AvgIpc) is 2.80. The number of rotatable bonds is 3. The van der Waals surface area contributed by atoms with Gasteiger partial charge in [0.1, 0.15) is 5.82 Å². The van der Waals surface area contributed by atoms with Gasteiger partial charge >= 0.3 is 0 Å². The fourth-order valence-electron chi connectivity index (χ4n) is 2.44. The Kier molecular flexibility index (Phi) is 3.49. The molecule has 0 saturated carbocycles. The van der Waals surface area contributed by atoms with Gasteiger partial charge in [-0.15, -0.1) is 0 Å². The molecule has 3 rings (SSSR count). The molecule has 1 heterocycles. The smallest absolute Gasteiger partial charge is 0.281 e. The number of anilines is 1. The molecule has 0 spiro atoms. The van der Waals surface area contributed by atoms with E-state index in [0.717, 1.165) is 0 Å². The highest BCUT2D eigenvalue weighted by atomic mass is 19.1. The zero-order valence-electron chi connectivity index (χ0n) is 11.6. The van der Waals surface area contributed by atoms with Gasteiger partial charge in [-0.1, -0.05) is 17.3 Å². The number of halogens is 1. The number of nitro benzene ring substituents is 1. The van der Waals surface area contributed by atoms with Crippen molar-refractivity contribution in [3.05, 3.63) is 69.5 Å². The molecular formula is C15H10FN3O4. The molecule has 2 aromatic rings. The van der Waals surface area contributed by atoms with Crippen LogP contribution in [0.3, 0.4) is 0 Å². The number of nitro groups is 1. The third kappa shape index (κ3) is 2.50. The van der Waals surface area contributed by atoms with Crippen LogP contribution in [0.1, 0.15) is 11.1 Å². The quantitative estimate of drug-likeness (QED) is 0.534. The molecule has 1 aliphatic rings. The SMILES string of the molecule is O=C1/C(=N\O)c2cc([N+](=O)[O-])ccc2N1Cc1ccc(F)cc1. The van der Waals surface area contributed by atoms with Crippen molar-refractivity contribution in [2.75, 3.05) is 4.90 Å². The summed E-state index contributed by atoms with van der Waals surface area (Å²) in [5.41, 5.74) is 0.793. The van der Waals surface area contributed by atoms with Gasteiger partial charge < -0.3 is 10.1 Å². The first-order chi connectivity index (χ1) is 11.0. The molecule has 1 aliphatic heterocycles. The van der Waals surface area contributed by atoms with Gasteiger partial charge in [0.15, 0.2) is 5.71 Å². The Balaban J connectivity index is 2.02. The molecule has 0 atom stereocenters. The van der Waals surface area contributed by atoms with Crippen molar-refractivity contribution in [1.29, 1.82) is 0 Å². The van der Waals surface area contributed by atoms with E-state index >= 15 is 0 Å². The minimum absolute atomic E-state index is 0.128. The topological polar surface area (TPSA) is 96.0 Å². The highest BCUT2D eigenvalue weighted by Crippen LogP contribution is 2.33. The lowest BCUT2D eigenvalue weighted by molar-refractivity contribution is -0.384. The molecule has 0 fully saturated rings. The minimum Gasteiger partial charge on any atom is -0.410 e.